The van der Waals surface area contributed by atoms with Crippen LogP contribution in [0.3, 0.4) is 0 Å². The van der Waals surface area contributed by atoms with Crippen LogP contribution in [0.15, 0.2) is 56.7 Å². The van der Waals surface area contributed by atoms with Crippen LogP contribution in [-0.2, 0) is 17.1 Å². The van der Waals surface area contributed by atoms with Crippen molar-refractivity contribution in [2.75, 3.05) is 4.72 Å². The van der Waals surface area contributed by atoms with Crippen molar-refractivity contribution in [1.82, 2.24) is 9.55 Å². The Kier molecular flexibility index (Phi) is 3.02. The molecular formula is C13H11N3O4S. The molecule has 0 spiro atoms. The van der Waals surface area contributed by atoms with Crippen molar-refractivity contribution in [3.8, 4) is 0 Å². The molecule has 1 aromatic carbocycles. The van der Waals surface area contributed by atoms with Gasteiger partial charge in [0.25, 0.3) is 10.0 Å². The van der Waals surface area contributed by atoms with Gasteiger partial charge in [-0.2, -0.15) is 0 Å². The number of benzene rings is 1. The molecule has 0 saturated heterocycles. The first kappa shape index (κ1) is 13.4. The van der Waals surface area contributed by atoms with Crippen molar-refractivity contribution in [1.29, 1.82) is 0 Å². The lowest BCUT2D eigenvalue weighted by Gasteiger charge is -2.06. The molecule has 0 atom stereocenters. The number of pyridine rings is 1. The van der Waals surface area contributed by atoms with Gasteiger partial charge >= 0.3 is 5.76 Å². The normalized spacial score (nSPS) is 11.7. The van der Waals surface area contributed by atoms with Gasteiger partial charge in [0, 0.05) is 19.3 Å². The molecule has 0 bridgehead atoms. The number of aryl methyl sites for hydroxylation is 1. The second-order valence-corrected chi connectivity index (χ2v) is 6.06. The van der Waals surface area contributed by atoms with Crippen LogP contribution in [-0.4, -0.2) is 18.0 Å². The molecule has 1 N–H and O–H groups in total. The first-order chi connectivity index (χ1) is 9.97. The van der Waals surface area contributed by atoms with Gasteiger partial charge in [0.2, 0.25) is 0 Å². The van der Waals surface area contributed by atoms with Crippen molar-refractivity contribution < 1.29 is 12.8 Å². The predicted molar refractivity (Wildman–Crippen MR) is 76.5 cm³/mol. The molecule has 3 aromatic rings. The zero-order valence-electron chi connectivity index (χ0n) is 11.0. The third-order valence-electron chi connectivity index (χ3n) is 2.98. The summed E-state index contributed by atoms with van der Waals surface area (Å²) >= 11 is 0. The molecule has 8 heteroatoms. The fourth-order valence-corrected chi connectivity index (χ4v) is 2.92. The van der Waals surface area contributed by atoms with E-state index in [1.54, 1.807) is 25.2 Å². The molecule has 2 heterocycles. The maximum atomic E-state index is 12.3. The molecule has 0 aliphatic carbocycles. The van der Waals surface area contributed by atoms with Gasteiger partial charge in [-0.3, -0.25) is 9.29 Å². The summed E-state index contributed by atoms with van der Waals surface area (Å²) in [6, 6.07) is 9.13. The molecule has 0 unspecified atom stereocenters. The van der Waals surface area contributed by atoms with Crippen LogP contribution in [0.5, 0.6) is 0 Å². The maximum Gasteiger partial charge on any atom is 0.419 e. The third-order valence-corrected chi connectivity index (χ3v) is 4.33. The van der Waals surface area contributed by atoms with Gasteiger partial charge in [0.1, 0.15) is 5.82 Å². The van der Waals surface area contributed by atoms with E-state index in [1.807, 2.05) is 0 Å². The van der Waals surface area contributed by atoms with Crippen molar-refractivity contribution in [3.63, 3.8) is 0 Å². The zero-order chi connectivity index (χ0) is 15.0. The molecule has 0 saturated carbocycles. The highest BCUT2D eigenvalue weighted by Crippen LogP contribution is 2.19. The summed E-state index contributed by atoms with van der Waals surface area (Å²) in [7, 11) is -2.24. The topological polar surface area (TPSA) is 94.2 Å². The van der Waals surface area contributed by atoms with E-state index in [-0.39, 0.29) is 16.3 Å². The van der Waals surface area contributed by atoms with Gasteiger partial charge in [0.05, 0.1) is 10.4 Å². The fraction of sp³-hybridized carbons (Fsp3) is 0.0769. The van der Waals surface area contributed by atoms with Crippen molar-refractivity contribution in [2.45, 2.75) is 4.90 Å². The summed E-state index contributed by atoms with van der Waals surface area (Å²) in [5.74, 6) is -0.329. The van der Waals surface area contributed by atoms with E-state index in [0.29, 0.717) is 5.52 Å². The Labute approximate surface area is 119 Å². The number of nitrogens with one attached hydrogen (secondary N) is 1. The minimum absolute atomic E-state index is 0.00463. The minimum Gasteiger partial charge on any atom is -0.408 e. The number of anilines is 1. The lowest BCUT2D eigenvalue weighted by atomic mass is 10.3. The highest BCUT2D eigenvalue weighted by atomic mass is 32.2. The number of rotatable bonds is 3. The molecule has 0 radical (unpaired) electrons. The lowest BCUT2D eigenvalue weighted by Crippen LogP contribution is -2.13. The highest BCUT2D eigenvalue weighted by molar-refractivity contribution is 7.92. The average molecular weight is 305 g/mol. The summed E-state index contributed by atoms with van der Waals surface area (Å²) in [5, 5.41) is 0. The number of hydrogen-bond donors (Lipinski definition) is 1. The average Bonchev–Trinajstić information content (AvgIpc) is 2.74. The van der Waals surface area contributed by atoms with Crippen molar-refractivity contribution >= 4 is 26.9 Å². The molecule has 7 nitrogen and oxygen atoms in total. The van der Waals surface area contributed by atoms with Gasteiger partial charge in [-0.25, -0.2) is 18.2 Å². The monoisotopic (exact) mass is 305 g/mol. The molecular weight excluding hydrogens is 294 g/mol. The van der Waals surface area contributed by atoms with Gasteiger partial charge < -0.3 is 4.42 Å². The van der Waals surface area contributed by atoms with Crippen LogP contribution < -0.4 is 10.5 Å². The van der Waals surface area contributed by atoms with E-state index in [0.717, 1.165) is 0 Å². The summed E-state index contributed by atoms with van der Waals surface area (Å²) in [6.07, 6.45) is 1.48. The van der Waals surface area contributed by atoms with E-state index in [4.69, 9.17) is 4.42 Å². The van der Waals surface area contributed by atoms with E-state index in [9.17, 15) is 13.2 Å². The molecule has 2 aromatic heterocycles. The first-order valence-electron chi connectivity index (χ1n) is 6.01. The molecule has 0 aliphatic heterocycles. The van der Waals surface area contributed by atoms with Crippen molar-refractivity contribution in [3.05, 3.63) is 53.1 Å². The Morgan fingerprint density at radius 2 is 2.05 bits per heavy atom. The van der Waals surface area contributed by atoms with Gasteiger partial charge in [-0.05, 0) is 24.3 Å². The van der Waals surface area contributed by atoms with E-state index in [1.165, 1.54) is 29.0 Å². The molecule has 21 heavy (non-hydrogen) atoms. The SMILES string of the molecule is Cn1c(=O)oc2cc(S(=O)(=O)Nc3ccccn3)ccc21. The minimum atomic E-state index is -3.79. The Balaban J connectivity index is 2.05. The van der Waals surface area contributed by atoms with Gasteiger partial charge in [-0.1, -0.05) is 6.07 Å². The quantitative estimate of drug-likeness (QED) is 0.787. The molecule has 108 valence electrons. The first-order valence-corrected chi connectivity index (χ1v) is 7.49. The number of nitrogens with zero attached hydrogens (tertiary/aromatic N) is 2. The van der Waals surface area contributed by atoms with Gasteiger partial charge in [0.15, 0.2) is 5.58 Å². The largest absolute Gasteiger partial charge is 0.419 e. The van der Waals surface area contributed by atoms with Crippen LogP contribution in [0.2, 0.25) is 0 Å². The van der Waals surface area contributed by atoms with Crippen LogP contribution in [0.4, 0.5) is 5.82 Å². The highest BCUT2D eigenvalue weighted by Gasteiger charge is 2.17. The van der Waals surface area contributed by atoms with Crippen LogP contribution in [0.25, 0.3) is 11.1 Å². The Morgan fingerprint density at radius 3 is 2.76 bits per heavy atom. The standard InChI is InChI=1S/C13H11N3O4S/c1-16-10-6-5-9(8-11(10)20-13(16)17)21(18,19)15-12-4-2-3-7-14-12/h2-8H,1H3,(H,14,15). The number of aromatic nitrogens is 2. The maximum absolute atomic E-state index is 12.3. The Bertz CT molecular complexity index is 958. The van der Waals surface area contributed by atoms with Crippen LogP contribution in [0.1, 0.15) is 0 Å². The summed E-state index contributed by atoms with van der Waals surface area (Å²) in [6.45, 7) is 0. The second kappa shape index (κ2) is 4.74. The third kappa shape index (κ3) is 2.40. The summed E-state index contributed by atoms with van der Waals surface area (Å²) in [5.41, 5.74) is 0.739. The zero-order valence-corrected chi connectivity index (χ0v) is 11.8. The van der Waals surface area contributed by atoms with Crippen LogP contribution in [0, 0.1) is 0 Å². The number of hydrogen-bond acceptors (Lipinski definition) is 5. The lowest BCUT2D eigenvalue weighted by molar-refractivity contribution is 0.527. The Hall–Kier alpha value is -2.61. The van der Waals surface area contributed by atoms with Gasteiger partial charge in [-0.15, -0.1) is 0 Å². The predicted octanol–water partition coefficient (Wildman–Crippen LogP) is 1.33. The number of oxazole rings is 1. The van der Waals surface area contributed by atoms with E-state index < -0.39 is 15.8 Å². The molecule has 0 amide bonds. The van der Waals surface area contributed by atoms with E-state index >= 15 is 0 Å². The molecule has 3 rings (SSSR count). The summed E-state index contributed by atoms with van der Waals surface area (Å²) < 4.78 is 33.2. The van der Waals surface area contributed by atoms with Crippen LogP contribution >= 0.6 is 0 Å². The van der Waals surface area contributed by atoms with Crippen molar-refractivity contribution in [2.24, 2.45) is 7.05 Å². The fourth-order valence-electron chi connectivity index (χ4n) is 1.90. The van der Waals surface area contributed by atoms with E-state index in [2.05, 4.69) is 9.71 Å². The molecule has 0 aliphatic rings. The smallest absolute Gasteiger partial charge is 0.408 e. The summed E-state index contributed by atoms with van der Waals surface area (Å²) in [4.78, 5) is 15.3. The number of sulfonamides is 1. The Morgan fingerprint density at radius 1 is 1.24 bits per heavy atom. The molecule has 0 fully saturated rings. The number of fused-ring (bicyclic) bond motifs is 1. The second-order valence-electron chi connectivity index (χ2n) is 4.38.